The van der Waals surface area contributed by atoms with Crippen molar-refractivity contribution < 1.29 is 36.0 Å². The molecule has 0 N–H and O–H groups in total. The molecule has 5 nitrogen and oxygen atoms in total. The van der Waals surface area contributed by atoms with Gasteiger partial charge in [0.1, 0.15) is 17.5 Å². The Morgan fingerprint density at radius 2 is 0.948 bits per heavy atom. The molecule has 0 aliphatic carbocycles. The van der Waals surface area contributed by atoms with Crippen molar-refractivity contribution in [2.45, 2.75) is 93.5 Å². The number of nitrogens with zero attached hydrogens (tertiary/aromatic N) is 5. The van der Waals surface area contributed by atoms with E-state index in [1.165, 1.54) is 157 Å². The first-order valence-electron chi connectivity index (χ1n) is 33.9. The Labute approximate surface area is 564 Å². The third-order valence-electron chi connectivity index (χ3n) is 20.4. The molecule has 0 saturated carbocycles. The van der Waals surface area contributed by atoms with Crippen LogP contribution in [0.5, 0.6) is 0 Å². The van der Waals surface area contributed by atoms with Gasteiger partial charge in [-0.25, -0.2) is 13.2 Å². The molecule has 472 valence electrons. The first-order valence-corrected chi connectivity index (χ1v) is 33.9. The van der Waals surface area contributed by atoms with Gasteiger partial charge in [0.25, 0.3) is 0 Å². The SMILES string of the molecule is CC(C)c1ccc2cc[n+]3c(c2c1)-c1ccccc1C3.CCc1ccc2c(c1)C[n+]1ccc3ccccc3c1-2.Cc1cc(C)c2c(c1)-c1ccc3c(F)cccc3[n+]1C2.Cc1ccc2c(c1)-c1ccc3cc(F)ccc3[n+]1C2.Cc1ccc2c(c1)-c1ccc3ccc(F)cc3[n+]1C2. The number of fused-ring (bicyclic) bond motifs is 25. The fourth-order valence-corrected chi connectivity index (χ4v) is 15.5. The van der Waals surface area contributed by atoms with Crippen LogP contribution in [0.1, 0.15) is 87.9 Å². The van der Waals surface area contributed by atoms with Gasteiger partial charge in [0.15, 0.2) is 45.1 Å². The molecule has 0 spiro atoms. The highest BCUT2D eigenvalue weighted by atomic mass is 19.1. The second kappa shape index (κ2) is 24.7. The van der Waals surface area contributed by atoms with E-state index in [9.17, 15) is 13.2 Å². The van der Waals surface area contributed by atoms with Crippen molar-refractivity contribution in [3.8, 4) is 56.3 Å². The van der Waals surface area contributed by atoms with Crippen LogP contribution in [-0.2, 0) is 39.1 Å². The predicted molar refractivity (Wildman–Crippen MR) is 386 cm³/mol. The third kappa shape index (κ3) is 11.1. The lowest BCUT2D eigenvalue weighted by atomic mass is 9.97. The normalized spacial score (nSPS) is 12.6. The summed E-state index contributed by atoms with van der Waals surface area (Å²) in [4.78, 5) is 0. The first-order chi connectivity index (χ1) is 47.2. The zero-order chi connectivity index (χ0) is 66.3. The summed E-state index contributed by atoms with van der Waals surface area (Å²) >= 11 is 0. The summed E-state index contributed by atoms with van der Waals surface area (Å²) in [6.45, 7) is 19.7. The number of hydrogen-bond acceptors (Lipinski definition) is 0. The maximum absolute atomic E-state index is 13.9. The first kappa shape index (κ1) is 60.9. The number of benzene rings is 10. The molecule has 0 saturated heterocycles. The summed E-state index contributed by atoms with van der Waals surface area (Å²) in [5.74, 6) is 0.0542. The molecular weight excluding hydrogens is 1200 g/mol. The summed E-state index contributed by atoms with van der Waals surface area (Å²) in [5.41, 5.74) is 30.8. The predicted octanol–water partition coefficient (Wildman–Crippen LogP) is 19.1. The quantitative estimate of drug-likeness (QED) is 0.154. The van der Waals surface area contributed by atoms with Gasteiger partial charge in [-0.05, 0) is 170 Å². The number of aryl methyl sites for hydroxylation is 5. The molecule has 5 aromatic heterocycles. The van der Waals surface area contributed by atoms with Gasteiger partial charge in [0, 0.05) is 87.1 Å². The van der Waals surface area contributed by atoms with Gasteiger partial charge in [-0.15, -0.1) is 0 Å². The van der Waals surface area contributed by atoms with Crippen LogP contribution in [0.2, 0.25) is 0 Å². The van der Waals surface area contributed by atoms with Gasteiger partial charge in [-0.1, -0.05) is 123 Å². The molecule has 5 aliphatic rings. The van der Waals surface area contributed by atoms with Crippen LogP contribution in [0.25, 0.3) is 111 Å². The van der Waals surface area contributed by atoms with Gasteiger partial charge >= 0.3 is 0 Å². The van der Waals surface area contributed by atoms with Crippen LogP contribution in [0.15, 0.2) is 249 Å². The largest absolute Gasteiger partial charge is 0.221 e. The lowest BCUT2D eigenvalue weighted by Crippen LogP contribution is -2.33. The summed E-state index contributed by atoms with van der Waals surface area (Å²) in [6, 6.07) is 80.6. The third-order valence-corrected chi connectivity index (χ3v) is 20.4. The highest BCUT2D eigenvalue weighted by molar-refractivity contribution is 5.96. The van der Waals surface area contributed by atoms with Crippen LogP contribution < -0.4 is 22.8 Å². The average Bonchev–Trinajstić information content (AvgIpc) is 1.63. The molecule has 10 aromatic carbocycles. The molecule has 97 heavy (non-hydrogen) atoms. The minimum atomic E-state index is -0.181. The molecule has 0 atom stereocenters. The van der Waals surface area contributed by atoms with Gasteiger partial charge in [0.2, 0.25) is 45.0 Å². The fraction of sp³-hybridized carbons (Fsp3) is 0.157. The Hall–Kier alpha value is -11.0. The molecule has 0 radical (unpaired) electrons. The van der Waals surface area contributed by atoms with Crippen LogP contribution in [0.3, 0.4) is 0 Å². The van der Waals surface area contributed by atoms with E-state index in [1.54, 1.807) is 18.2 Å². The Morgan fingerprint density at radius 1 is 0.361 bits per heavy atom. The number of rotatable bonds is 2. The summed E-state index contributed by atoms with van der Waals surface area (Å²) in [6.07, 6.45) is 5.53. The van der Waals surface area contributed by atoms with Crippen molar-refractivity contribution >= 4 is 54.3 Å². The number of aromatic nitrogens is 5. The molecule has 10 heterocycles. The monoisotopic (exact) mass is 1270 g/mol. The van der Waals surface area contributed by atoms with Crippen molar-refractivity contribution in [3.63, 3.8) is 0 Å². The van der Waals surface area contributed by atoms with Gasteiger partial charge in [0.05, 0.1) is 44.0 Å². The van der Waals surface area contributed by atoms with Gasteiger partial charge in [-0.3, -0.25) is 0 Å². The van der Waals surface area contributed by atoms with E-state index in [4.69, 9.17) is 0 Å². The van der Waals surface area contributed by atoms with Crippen LogP contribution in [-0.4, -0.2) is 0 Å². The minimum absolute atomic E-state index is 0.151. The standard InChI is InChI=1S/C19H18N.C18H15FN.C18H16N.2C17H13FN/c1-13(2)15-8-7-14-9-10-20-12-16-5-3-4-6-17(16)19(20)18(14)11-15;1-11-8-12(2)15-10-20-17-5-3-4-16(19)13(17)6-7-18(20)14(15)9-11;1-2-13-7-8-17-15(11-13)12-19-10-9-14-5-3-4-6-16(14)18(17)19;1-11-2-3-13-10-19-16-7-5-14(18)9-12(16)4-6-17(19)15(13)8-11;1-11-2-3-13-10-19-16(15(13)8-11)7-5-12-4-6-14(18)9-17(12)19/h3-11,13H,12H2,1-2H3;3-9H,10H2,1-2H3;3-11H,2,12H2,1H3;2*2-9H,10H2,1H3/q5*+1. The summed E-state index contributed by atoms with van der Waals surface area (Å²) in [5, 5.41) is 8.11. The number of pyridine rings is 5. The van der Waals surface area contributed by atoms with E-state index < -0.39 is 0 Å². The highest BCUT2D eigenvalue weighted by Crippen LogP contribution is 2.38. The summed E-state index contributed by atoms with van der Waals surface area (Å²) in [7, 11) is 0. The molecule has 15 aromatic rings. The average molecular weight is 1270 g/mol. The molecule has 0 bridgehead atoms. The van der Waals surface area contributed by atoms with Crippen LogP contribution >= 0.6 is 0 Å². The second-order valence-corrected chi connectivity index (χ2v) is 27.1. The van der Waals surface area contributed by atoms with E-state index in [0.29, 0.717) is 11.3 Å². The molecule has 0 amide bonds. The van der Waals surface area contributed by atoms with Crippen molar-refractivity contribution in [3.05, 3.63) is 328 Å². The van der Waals surface area contributed by atoms with E-state index in [2.05, 4.69) is 247 Å². The van der Waals surface area contributed by atoms with Crippen molar-refractivity contribution in [2.24, 2.45) is 0 Å². The number of halogens is 3. The molecule has 5 aliphatic heterocycles. The van der Waals surface area contributed by atoms with E-state index in [0.717, 1.165) is 66.5 Å². The van der Waals surface area contributed by atoms with E-state index in [-0.39, 0.29) is 17.5 Å². The van der Waals surface area contributed by atoms with Gasteiger partial charge in [-0.2, -0.15) is 22.8 Å². The topological polar surface area (TPSA) is 19.4 Å². The van der Waals surface area contributed by atoms with Gasteiger partial charge < -0.3 is 0 Å². The second-order valence-electron chi connectivity index (χ2n) is 27.1. The van der Waals surface area contributed by atoms with Crippen molar-refractivity contribution in [2.75, 3.05) is 0 Å². The lowest BCUT2D eigenvalue weighted by Gasteiger charge is -2.07. The van der Waals surface area contributed by atoms with E-state index >= 15 is 0 Å². The molecule has 8 heteroatoms. The van der Waals surface area contributed by atoms with E-state index in [1.807, 2.05) is 36.4 Å². The maximum atomic E-state index is 13.9. The summed E-state index contributed by atoms with van der Waals surface area (Å²) < 4.78 is 52.1. The van der Waals surface area contributed by atoms with Crippen molar-refractivity contribution in [1.29, 1.82) is 0 Å². The fourth-order valence-electron chi connectivity index (χ4n) is 15.5. The van der Waals surface area contributed by atoms with Crippen molar-refractivity contribution in [1.82, 2.24) is 0 Å². The molecule has 0 fully saturated rings. The Morgan fingerprint density at radius 3 is 1.70 bits per heavy atom. The van der Waals surface area contributed by atoms with Crippen LogP contribution in [0.4, 0.5) is 13.2 Å². The Kier molecular flexibility index (Phi) is 15.5. The van der Waals surface area contributed by atoms with Crippen LogP contribution in [0, 0.1) is 45.1 Å². The number of hydrogen-bond donors (Lipinski definition) is 0. The smallest absolute Gasteiger partial charge is 0.207 e. The molecule has 0 unspecified atom stereocenters. The molecule has 20 rings (SSSR count). The Balaban J connectivity index is 0.0000000951. The molecular formula is C89H75F3N5+5. The zero-order valence-electron chi connectivity index (χ0n) is 55.9. The zero-order valence-corrected chi connectivity index (χ0v) is 55.9. The minimum Gasteiger partial charge on any atom is -0.207 e. The highest BCUT2D eigenvalue weighted by Gasteiger charge is 2.34. The Bertz CT molecular complexity index is 5750. The lowest BCUT2D eigenvalue weighted by molar-refractivity contribution is -0.671. The maximum Gasteiger partial charge on any atom is 0.221 e.